The number of anilines is 1. The zero-order valence-electron chi connectivity index (χ0n) is 17.5. The molecule has 1 aromatic heterocycles. The Morgan fingerprint density at radius 3 is 2.53 bits per heavy atom. The molecule has 1 saturated heterocycles. The molecule has 174 valence electrons. The molecule has 10 heteroatoms. The molecule has 2 aromatic rings. The number of pyridine rings is 1. The highest BCUT2D eigenvalue weighted by Gasteiger charge is 2.40. The van der Waals surface area contributed by atoms with Crippen molar-refractivity contribution in [2.24, 2.45) is 0 Å². The number of halogens is 5. The van der Waals surface area contributed by atoms with Gasteiger partial charge in [-0.1, -0.05) is 11.6 Å². The fourth-order valence-electron chi connectivity index (χ4n) is 3.79. The average molecular weight is 474 g/mol. The third-order valence-electron chi connectivity index (χ3n) is 5.57. The largest absolute Gasteiger partial charge is 0.416 e. The zero-order valence-corrected chi connectivity index (χ0v) is 18.2. The molecule has 1 fully saturated rings. The summed E-state index contributed by atoms with van der Waals surface area (Å²) in [6.07, 6.45) is -1.79. The molecular formula is C22H24ClF4N3O2. The number of nitrogens with one attached hydrogen (secondary N) is 1. The summed E-state index contributed by atoms with van der Waals surface area (Å²) in [6, 6.07) is 4.51. The first-order chi connectivity index (χ1) is 15.0. The number of carbonyl (C=O) groups excluding carboxylic acids is 1. The maximum atomic E-state index is 15.6. The number of nitrogens with zero attached hydrogens (tertiary/aromatic N) is 2. The summed E-state index contributed by atoms with van der Waals surface area (Å²) in [4.78, 5) is 18.1. The number of urea groups is 1. The highest BCUT2D eigenvalue weighted by molar-refractivity contribution is 6.31. The predicted octanol–water partition coefficient (Wildman–Crippen LogP) is 5.48. The molecule has 0 radical (unpaired) electrons. The molecule has 1 aliphatic heterocycles. The van der Waals surface area contributed by atoms with E-state index >= 15 is 4.39 Å². The molecular weight excluding hydrogens is 450 g/mol. The van der Waals surface area contributed by atoms with Crippen molar-refractivity contribution in [1.29, 1.82) is 0 Å². The molecule has 1 aliphatic rings. The lowest BCUT2D eigenvalue weighted by molar-refractivity contribution is -0.138. The molecule has 0 bridgehead atoms. The Morgan fingerprint density at radius 1 is 1.28 bits per heavy atom. The number of likely N-dealkylation sites (tertiary alicyclic amines) is 1. The standard InChI is InChI=1S/C22H24ClF4N3O2/c1-14-11-16(4-5-17(14)22(25,26)27)29-20(32)30-8-6-21(24,7-9-30)19-18(23)12-15(13-28-19)3-2-10-31/h4-5,11-13,31H,2-3,6-10H2,1H3,(H,29,32). The molecule has 3 rings (SSSR count). The molecule has 2 heterocycles. The molecule has 5 nitrogen and oxygen atoms in total. The molecule has 0 spiro atoms. The topological polar surface area (TPSA) is 65.5 Å². The lowest BCUT2D eigenvalue weighted by Crippen LogP contribution is -2.45. The number of aryl methyl sites for hydroxylation is 2. The number of benzene rings is 1. The SMILES string of the molecule is Cc1cc(NC(=O)N2CCC(F)(c3ncc(CCCO)cc3Cl)CC2)ccc1C(F)(F)F. The van der Waals surface area contributed by atoms with Crippen LogP contribution in [0.4, 0.5) is 28.0 Å². The first kappa shape index (κ1) is 24.3. The van der Waals surface area contributed by atoms with Crippen LogP contribution in [0, 0.1) is 6.92 Å². The second-order valence-corrected chi connectivity index (χ2v) is 8.32. The van der Waals surface area contributed by atoms with Crippen LogP contribution in [-0.4, -0.2) is 40.7 Å². The van der Waals surface area contributed by atoms with Crippen LogP contribution in [-0.2, 0) is 18.3 Å². The maximum Gasteiger partial charge on any atom is 0.416 e. The Kier molecular flexibility index (Phi) is 7.29. The maximum absolute atomic E-state index is 15.6. The van der Waals surface area contributed by atoms with Gasteiger partial charge in [-0.3, -0.25) is 4.98 Å². The van der Waals surface area contributed by atoms with Crippen LogP contribution in [0.2, 0.25) is 5.02 Å². The zero-order chi connectivity index (χ0) is 23.5. The number of aliphatic hydroxyl groups excluding tert-OH is 1. The lowest BCUT2D eigenvalue weighted by Gasteiger charge is -2.36. The van der Waals surface area contributed by atoms with Gasteiger partial charge in [-0.15, -0.1) is 0 Å². The van der Waals surface area contributed by atoms with E-state index in [1.165, 1.54) is 24.0 Å². The number of amides is 2. The Bertz CT molecular complexity index is 976. The fourth-order valence-corrected chi connectivity index (χ4v) is 4.15. The van der Waals surface area contributed by atoms with Crippen molar-refractivity contribution < 1.29 is 27.5 Å². The van der Waals surface area contributed by atoms with Crippen molar-refractivity contribution in [3.05, 3.63) is 57.9 Å². The molecule has 0 aliphatic carbocycles. The third-order valence-corrected chi connectivity index (χ3v) is 5.86. The Hall–Kier alpha value is -2.39. The van der Waals surface area contributed by atoms with E-state index in [4.69, 9.17) is 16.7 Å². The number of hydrogen-bond acceptors (Lipinski definition) is 3. The normalized spacial score (nSPS) is 16.2. The van der Waals surface area contributed by atoms with Crippen molar-refractivity contribution >= 4 is 23.3 Å². The van der Waals surface area contributed by atoms with E-state index in [2.05, 4.69) is 10.3 Å². The summed E-state index contributed by atoms with van der Waals surface area (Å²) in [7, 11) is 0. The smallest absolute Gasteiger partial charge is 0.396 e. The highest BCUT2D eigenvalue weighted by atomic mass is 35.5. The van der Waals surface area contributed by atoms with Crippen LogP contribution >= 0.6 is 11.6 Å². The van der Waals surface area contributed by atoms with Crippen LogP contribution < -0.4 is 5.32 Å². The number of carbonyl (C=O) groups is 1. The number of alkyl halides is 4. The van der Waals surface area contributed by atoms with E-state index in [9.17, 15) is 18.0 Å². The lowest BCUT2D eigenvalue weighted by atomic mass is 9.89. The van der Waals surface area contributed by atoms with E-state index in [0.29, 0.717) is 12.8 Å². The second-order valence-electron chi connectivity index (χ2n) is 7.91. The fraction of sp³-hybridized carbons (Fsp3) is 0.455. The third kappa shape index (κ3) is 5.50. The minimum atomic E-state index is -4.46. The highest BCUT2D eigenvalue weighted by Crippen LogP contribution is 2.39. The van der Waals surface area contributed by atoms with Gasteiger partial charge in [-0.2, -0.15) is 13.2 Å². The van der Waals surface area contributed by atoms with E-state index in [-0.39, 0.29) is 54.5 Å². The van der Waals surface area contributed by atoms with E-state index in [0.717, 1.165) is 11.6 Å². The summed E-state index contributed by atoms with van der Waals surface area (Å²) >= 11 is 6.26. The predicted molar refractivity (Wildman–Crippen MR) is 113 cm³/mol. The first-order valence-corrected chi connectivity index (χ1v) is 10.6. The summed E-state index contributed by atoms with van der Waals surface area (Å²) in [5.41, 5.74) is -1.37. The number of hydrogen-bond donors (Lipinski definition) is 2. The van der Waals surface area contributed by atoms with Gasteiger partial charge in [0.2, 0.25) is 0 Å². The number of rotatable bonds is 5. The summed E-state index contributed by atoms with van der Waals surface area (Å²) in [5, 5.41) is 11.7. The number of aliphatic hydroxyl groups is 1. The van der Waals surface area contributed by atoms with Crippen molar-refractivity contribution in [1.82, 2.24) is 9.88 Å². The molecule has 0 atom stereocenters. The van der Waals surface area contributed by atoms with Crippen LogP contribution in [0.3, 0.4) is 0 Å². The van der Waals surface area contributed by atoms with Gasteiger partial charge < -0.3 is 15.3 Å². The molecule has 2 N–H and O–H groups in total. The summed E-state index contributed by atoms with van der Waals surface area (Å²) in [5.74, 6) is 0. The van der Waals surface area contributed by atoms with Gasteiger partial charge in [0.1, 0.15) is 0 Å². The van der Waals surface area contributed by atoms with Crippen molar-refractivity contribution in [3.63, 3.8) is 0 Å². The quantitative estimate of drug-likeness (QED) is 0.565. The molecule has 0 unspecified atom stereocenters. The molecule has 32 heavy (non-hydrogen) atoms. The van der Waals surface area contributed by atoms with Crippen molar-refractivity contribution in [2.45, 2.75) is 44.5 Å². The monoisotopic (exact) mass is 473 g/mol. The number of piperidine rings is 1. The van der Waals surface area contributed by atoms with Crippen LogP contribution in [0.15, 0.2) is 30.5 Å². The Morgan fingerprint density at radius 2 is 1.97 bits per heavy atom. The van der Waals surface area contributed by atoms with Gasteiger partial charge >= 0.3 is 12.2 Å². The Labute approximate surface area is 188 Å². The molecule has 1 aromatic carbocycles. The van der Waals surface area contributed by atoms with Gasteiger partial charge in [0, 0.05) is 44.4 Å². The molecule has 2 amide bonds. The molecule has 0 saturated carbocycles. The minimum Gasteiger partial charge on any atom is -0.396 e. The van der Waals surface area contributed by atoms with Gasteiger partial charge in [0.25, 0.3) is 0 Å². The van der Waals surface area contributed by atoms with Crippen molar-refractivity contribution in [3.8, 4) is 0 Å². The number of aromatic nitrogens is 1. The first-order valence-electron chi connectivity index (χ1n) is 10.2. The van der Waals surface area contributed by atoms with E-state index in [1.54, 1.807) is 12.3 Å². The Balaban J connectivity index is 1.62. The second kappa shape index (κ2) is 9.62. The van der Waals surface area contributed by atoms with Gasteiger partial charge in [-0.05, 0) is 55.2 Å². The van der Waals surface area contributed by atoms with E-state index in [1.807, 2.05) is 0 Å². The van der Waals surface area contributed by atoms with Gasteiger partial charge in [-0.25, -0.2) is 9.18 Å². The summed E-state index contributed by atoms with van der Waals surface area (Å²) < 4.78 is 54.3. The van der Waals surface area contributed by atoms with Crippen LogP contribution in [0.25, 0.3) is 0 Å². The minimum absolute atomic E-state index is 0.000119. The van der Waals surface area contributed by atoms with Crippen molar-refractivity contribution in [2.75, 3.05) is 25.0 Å². The van der Waals surface area contributed by atoms with Crippen LogP contribution in [0.5, 0.6) is 0 Å². The van der Waals surface area contributed by atoms with Gasteiger partial charge in [0.15, 0.2) is 5.67 Å². The summed E-state index contributed by atoms with van der Waals surface area (Å²) in [6.45, 7) is 1.57. The van der Waals surface area contributed by atoms with Crippen LogP contribution in [0.1, 0.15) is 41.6 Å². The van der Waals surface area contributed by atoms with E-state index < -0.39 is 23.4 Å². The van der Waals surface area contributed by atoms with Gasteiger partial charge in [0.05, 0.1) is 16.3 Å². The average Bonchev–Trinajstić information content (AvgIpc) is 2.71.